The van der Waals surface area contributed by atoms with Crippen molar-refractivity contribution in [2.75, 3.05) is 12.4 Å². The molecule has 3 aromatic rings. The van der Waals surface area contributed by atoms with Crippen molar-refractivity contribution in [3.05, 3.63) is 80.7 Å². The fourth-order valence-electron chi connectivity index (χ4n) is 3.84. The van der Waals surface area contributed by atoms with E-state index in [4.69, 9.17) is 21.1 Å². The quantitative estimate of drug-likeness (QED) is 0.364. The molecule has 1 aromatic heterocycles. The number of hydrogen-bond donors (Lipinski definition) is 1. The number of rotatable bonds is 7. The molecule has 0 spiro atoms. The normalized spacial score (nSPS) is 11.9. The molecule has 1 N–H and O–H groups in total. The monoisotopic (exact) mass is 557 g/mol. The Morgan fingerprint density at radius 3 is 2.41 bits per heavy atom. The maximum Gasteiger partial charge on any atom is 0.341 e. The third-order valence-corrected chi connectivity index (χ3v) is 5.85. The van der Waals surface area contributed by atoms with Crippen molar-refractivity contribution < 1.29 is 27.8 Å². The minimum absolute atomic E-state index is 0.106. The summed E-state index contributed by atoms with van der Waals surface area (Å²) in [6, 6.07) is 7.98. The summed E-state index contributed by atoms with van der Waals surface area (Å²) >= 11 is 6.09. The highest BCUT2D eigenvalue weighted by molar-refractivity contribution is 6.31. The van der Waals surface area contributed by atoms with Crippen LogP contribution in [0.15, 0.2) is 47.4 Å². The molecule has 8 nitrogen and oxygen atoms in total. The maximum atomic E-state index is 14.8. The van der Waals surface area contributed by atoms with Gasteiger partial charge in [0.15, 0.2) is 0 Å². The van der Waals surface area contributed by atoms with Crippen LogP contribution in [0.4, 0.5) is 14.5 Å². The number of methoxy groups -OCH3 is 1. The van der Waals surface area contributed by atoms with Crippen molar-refractivity contribution in [1.29, 1.82) is 5.26 Å². The number of aromatic nitrogens is 1. The zero-order chi connectivity index (χ0) is 29.1. The molecule has 0 bridgehead atoms. The van der Waals surface area contributed by atoms with Crippen molar-refractivity contribution in [3.8, 4) is 22.9 Å². The summed E-state index contributed by atoms with van der Waals surface area (Å²) < 4.78 is 41.0. The summed E-state index contributed by atoms with van der Waals surface area (Å²) in [4.78, 5) is 38.4. The molecule has 204 valence electrons. The van der Waals surface area contributed by atoms with E-state index in [0.29, 0.717) is 28.3 Å². The van der Waals surface area contributed by atoms with Gasteiger partial charge >= 0.3 is 5.97 Å². The Bertz CT molecular complexity index is 1540. The summed E-state index contributed by atoms with van der Waals surface area (Å²) in [7, 11) is 1.36. The first-order valence-corrected chi connectivity index (χ1v) is 12.2. The summed E-state index contributed by atoms with van der Waals surface area (Å²) in [5, 5.41) is 12.1. The number of halogens is 3. The molecule has 1 amide bonds. The van der Waals surface area contributed by atoms with Gasteiger partial charge in [0.05, 0.1) is 36.2 Å². The molecule has 0 saturated carbocycles. The van der Waals surface area contributed by atoms with Crippen molar-refractivity contribution >= 4 is 29.2 Å². The highest BCUT2D eigenvalue weighted by atomic mass is 35.5. The number of pyridine rings is 1. The van der Waals surface area contributed by atoms with Gasteiger partial charge in [-0.3, -0.25) is 14.2 Å². The van der Waals surface area contributed by atoms with Gasteiger partial charge in [-0.15, -0.1) is 0 Å². The molecule has 0 fully saturated rings. The average molecular weight is 558 g/mol. The lowest BCUT2D eigenvalue weighted by atomic mass is 10.00. The number of benzene rings is 2. The summed E-state index contributed by atoms with van der Waals surface area (Å²) in [5.74, 6) is -3.84. The van der Waals surface area contributed by atoms with E-state index in [-0.39, 0.29) is 17.7 Å². The van der Waals surface area contributed by atoms with E-state index in [1.54, 1.807) is 27.7 Å². The summed E-state index contributed by atoms with van der Waals surface area (Å²) in [6.45, 7) is 6.38. The molecule has 0 radical (unpaired) electrons. The molecule has 1 atom stereocenters. The van der Waals surface area contributed by atoms with Crippen LogP contribution in [-0.2, 0) is 9.53 Å². The number of esters is 1. The number of nitrogens with one attached hydrogen (secondary N) is 1. The Hall–Kier alpha value is -4.23. The minimum atomic E-state index is -1.14. The van der Waals surface area contributed by atoms with E-state index in [1.165, 1.54) is 37.6 Å². The standard InChI is InChI=1S/C28H26ClF2N3O5/c1-6-23(26(36)33-22-12-20(30)19(10-21(22)31)27(37)39-28(2,3)4)34-14-24(38-5)18(11-25(34)35)17-9-16(29)8-7-15(17)13-32/h7-12,14,23H,6H2,1-5H3,(H,33,36). The summed E-state index contributed by atoms with van der Waals surface area (Å²) in [5.41, 5.74) is -1.76. The lowest BCUT2D eigenvalue weighted by Crippen LogP contribution is -2.33. The summed E-state index contributed by atoms with van der Waals surface area (Å²) in [6.07, 6.45) is 1.41. The van der Waals surface area contributed by atoms with Crippen molar-refractivity contribution in [3.63, 3.8) is 0 Å². The molecular formula is C28H26ClF2N3O5. The largest absolute Gasteiger partial charge is 0.495 e. The van der Waals surface area contributed by atoms with Crippen LogP contribution in [0.1, 0.15) is 56.1 Å². The minimum Gasteiger partial charge on any atom is -0.495 e. The SMILES string of the molecule is CCC(C(=O)Nc1cc(F)c(C(=O)OC(C)(C)C)cc1F)n1cc(OC)c(-c2cc(Cl)ccc2C#N)cc1=O. The number of nitriles is 1. The van der Waals surface area contributed by atoms with Crippen LogP contribution in [0, 0.1) is 23.0 Å². The van der Waals surface area contributed by atoms with Crippen molar-refractivity contribution in [2.24, 2.45) is 0 Å². The zero-order valence-electron chi connectivity index (χ0n) is 21.9. The van der Waals surface area contributed by atoms with E-state index in [2.05, 4.69) is 5.32 Å². The van der Waals surface area contributed by atoms with Gasteiger partial charge in [0.1, 0.15) is 29.0 Å². The number of carbonyl (C=O) groups is 2. The third kappa shape index (κ3) is 6.62. The van der Waals surface area contributed by atoms with Crippen LogP contribution in [0.5, 0.6) is 5.75 Å². The van der Waals surface area contributed by atoms with Crippen LogP contribution in [0.25, 0.3) is 11.1 Å². The maximum absolute atomic E-state index is 14.8. The van der Waals surface area contributed by atoms with Crippen LogP contribution >= 0.6 is 11.6 Å². The average Bonchev–Trinajstić information content (AvgIpc) is 2.86. The van der Waals surface area contributed by atoms with Gasteiger partial charge in [0.25, 0.3) is 5.56 Å². The lowest BCUT2D eigenvalue weighted by molar-refractivity contribution is -0.119. The second kappa shape index (κ2) is 11.7. The van der Waals surface area contributed by atoms with E-state index >= 15 is 0 Å². The molecular weight excluding hydrogens is 532 g/mol. The number of carbonyl (C=O) groups excluding carboxylic acids is 2. The van der Waals surface area contributed by atoms with Gasteiger partial charge in [-0.25, -0.2) is 13.6 Å². The Balaban J connectivity index is 1.97. The Labute approximate surface area is 228 Å². The fourth-order valence-corrected chi connectivity index (χ4v) is 4.01. The van der Waals surface area contributed by atoms with Crippen molar-refractivity contribution in [2.45, 2.75) is 45.8 Å². The van der Waals surface area contributed by atoms with Gasteiger partial charge in [0, 0.05) is 28.3 Å². The molecule has 0 aliphatic rings. The zero-order valence-corrected chi connectivity index (χ0v) is 22.7. The fraction of sp³-hybridized carbons (Fsp3) is 0.286. The third-order valence-electron chi connectivity index (χ3n) is 5.61. The highest BCUT2D eigenvalue weighted by Crippen LogP contribution is 2.33. The first-order chi connectivity index (χ1) is 18.3. The number of ether oxygens (including phenoxy) is 2. The van der Waals surface area contributed by atoms with Gasteiger partial charge in [0.2, 0.25) is 5.91 Å². The van der Waals surface area contributed by atoms with Crippen LogP contribution in [-0.4, -0.2) is 29.2 Å². The highest BCUT2D eigenvalue weighted by Gasteiger charge is 2.26. The van der Waals surface area contributed by atoms with Gasteiger partial charge < -0.3 is 14.8 Å². The Morgan fingerprint density at radius 2 is 1.82 bits per heavy atom. The molecule has 11 heteroatoms. The number of anilines is 1. The number of amides is 1. The lowest BCUT2D eigenvalue weighted by Gasteiger charge is -2.21. The Morgan fingerprint density at radius 1 is 1.13 bits per heavy atom. The molecule has 39 heavy (non-hydrogen) atoms. The van der Waals surface area contributed by atoms with E-state index < -0.39 is 52.0 Å². The van der Waals surface area contributed by atoms with E-state index in [0.717, 1.165) is 4.57 Å². The first kappa shape index (κ1) is 29.3. The van der Waals surface area contributed by atoms with Gasteiger partial charge in [-0.2, -0.15) is 5.26 Å². The topological polar surface area (TPSA) is 110 Å². The number of hydrogen-bond acceptors (Lipinski definition) is 6. The molecule has 0 aliphatic carbocycles. The van der Waals surface area contributed by atoms with E-state index in [1.807, 2.05) is 6.07 Å². The smallest absolute Gasteiger partial charge is 0.341 e. The van der Waals surface area contributed by atoms with Crippen LogP contribution < -0.4 is 15.6 Å². The second-order valence-electron chi connectivity index (χ2n) is 9.53. The van der Waals surface area contributed by atoms with Gasteiger partial charge in [-0.05, 0) is 51.5 Å². The molecule has 2 aromatic carbocycles. The second-order valence-corrected chi connectivity index (χ2v) is 9.97. The molecule has 0 aliphatic heterocycles. The molecule has 3 rings (SSSR count). The molecule has 1 heterocycles. The van der Waals surface area contributed by atoms with Crippen LogP contribution in [0.2, 0.25) is 5.02 Å². The predicted molar refractivity (Wildman–Crippen MR) is 142 cm³/mol. The van der Waals surface area contributed by atoms with Crippen molar-refractivity contribution in [1.82, 2.24) is 4.57 Å². The van der Waals surface area contributed by atoms with E-state index in [9.17, 15) is 28.4 Å². The first-order valence-electron chi connectivity index (χ1n) is 11.8. The molecule has 0 saturated heterocycles. The Kier molecular flexibility index (Phi) is 8.77. The van der Waals surface area contributed by atoms with Gasteiger partial charge in [-0.1, -0.05) is 18.5 Å². The molecule has 1 unspecified atom stereocenters. The predicted octanol–water partition coefficient (Wildman–Crippen LogP) is 5.87. The van der Waals surface area contributed by atoms with Crippen LogP contribution in [0.3, 0.4) is 0 Å². The number of nitrogens with zero attached hydrogens (tertiary/aromatic N) is 2.